The lowest BCUT2D eigenvalue weighted by Gasteiger charge is -2.51. The number of carbonyl (C=O) groups is 2. The highest BCUT2D eigenvalue weighted by atomic mass is 16.7. The number of Topliss-reactive ketones (excluding diaryl/α,β-unsaturated/α-hetero) is 1. The Hall–Kier alpha value is -3.70. The van der Waals surface area contributed by atoms with Gasteiger partial charge in [0, 0.05) is 56.1 Å². The maximum atomic E-state index is 14.5. The summed E-state index contributed by atoms with van der Waals surface area (Å²) in [6.07, 6.45) is -7.56. The summed E-state index contributed by atoms with van der Waals surface area (Å²) < 4.78 is 38.8. The number of nitrogens with zero attached hydrogens (tertiary/aromatic N) is 5. The maximum absolute atomic E-state index is 14.5. The van der Waals surface area contributed by atoms with Crippen molar-refractivity contribution in [1.82, 2.24) is 19.9 Å². The van der Waals surface area contributed by atoms with Gasteiger partial charge in [-0.05, 0) is 72.9 Å². The van der Waals surface area contributed by atoms with Crippen molar-refractivity contribution in [2.24, 2.45) is 29.6 Å². The predicted molar refractivity (Wildman–Crippen MR) is 241 cm³/mol. The first-order valence-corrected chi connectivity index (χ1v) is 23.5. The summed E-state index contributed by atoms with van der Waals surface area (Å²) in [5.41, 5.74) is -4.57. The highest BCUT2D eigenvalue weighted by Gasteiger charge is 2.55. The van der Waals surface area contributed by atoms with Crippen LogP contribution in [0, 0.1) is 39.7 Å². The molecule has 20 nitrogen and oxygen atoms in total. The van der Waals surface area contributed by atoms with Crippen LogP contribution in [0.2, 0.25) is 0 Å². The lowest BCUT2D eigenvalue weighted by molar-refractivity contribution is -0.385. The number of ether oxygens (including phenoxy) is 6. The minimum Gasteiger partial charge on any atom is -0.485 e. The highest BCUT2D eigenvalue weighted by molar-refractivity contribution is 5.83. The van der Waals surface area contributed by atoms with Crippen LogP contribution >= 0.6 is 0 Å². The molecule has 3 aliphatic heterocycles. The fourth-order valence-electron chi connectivity index (χ4n) is 10.8. The van der Waals surface area contributed by atoms with E-state index in [0.29, 0.717) is 12.1 Å². The maximum Gasteiger partial charge on any atom is 0.310 e. The third-order valence-electron chi connectivity index (χ3n) is 14.7. The van der Waals surface area contributed by atoms with Crippen LogP contribution in [0.15, 0.2) is 30.5 Å². The number of rotatable bonds is 13. The zero-order valence-corrected chi connectivity index (χ0v) is 41.1. The van der Waals surface area contributed by atoms with Gasteiger partial charge in [-0.1, -0.05) is 52.0 Å². The Morgan fingerprint density at radius 1 is 0.985 bits per heavy atom. The number of methoxy groups -OCH3 is 1. The summed E-state index contributed by atoms with van der Waals surface area (Å²) in [4.78, 5) is 41.3. The van der Waals surface area contributed by atoms with E-state index in [2.05, 4.69) is 10.3 Å². The molecule has 4 heterocycles. The minimum atomic E-state index is -2.02. The number of aliphatic hydroxyl groups is 5. The van der Waals surface area contributed by atoms with Crippen LogP contribution in [0.5, 0.6) is 5.75 Å². The SMILES string of the molecule is CC[C@H]1OC(=O)[C@H](C)[C@@H](C2C[C@@](C)(OC)[C@@H](O)[C@H](C)O2)[C@H](C)[C@@H](O[C@@H]2O[C@H](C)C[C@H](N(C)Cc3cn(CCOc4ccccc4[N+](=O)[O-])nn3)[C@H]2O)[C@](C)(O)C[C@@H](C)C(=O)[C@H](C)[C@@H](O)[C@]1(C)O. The molecule has 0 bridgehead atoms. The molecule has 18 atom stereocenters. The summed E-state index contributed by atoms with van der Waals surface area (Å²) in [5, 5.41) is 79.3. The number of aliphatic hydroxyl groups excluding tert-OH is 3. The fourth-order valence-corrected chi connectivity index (χ4v) is 10.8. The van der Waals surface area contributed by atoms with E-state index in [-0.39, 0.29) is 50.4 Å². The van der Waals surface area contributed by atoms with Gasteiger partial charge in [0.05, 0.1) is 64.8 Å². The van der Waals surface area contributed by atoms with Crippen LogP contribution in [0.3, 0.4) is 0 Å². The second-order valence-corrected chi connectivity index (χ2v) is 20.1. The Morgan fingerprint density at radius 3 is 2.30 bits per heavy atom. The molecule has 5 rings (SSSR count). The van der Waals surface area contributed by atoms with Crippen molar-refractivity contribution in [2.75, 3.05) is 20.8 Å². The molecule has 20 heteroatoms. The number of hydrogen-bond acceptors (Lipinski definition) is 18. The van der Waals surface area contributed by atoms with Gasteiger partial charge in [-0.3, -0.25) is 24.6 Å². The minimum absolute atomic E-state index is 0.0950. The van der Waals surface area contributed by atoms with Crippen molar-refractivity contribution < 1.29 is 68.5 Å². The van der Waals surface area contributed by atoms with Crippen molar-refractivity contribution in [2.45, 2.75) is 186 Å². The summed E-state index contributed by atoms with van der Waals surface area (Å²) >= 11 is 0. The number of cyclic esters (lactones) is 1. The molecule has 0 spiro atoms. The largest absolute Gasteiger partial charge is 0.485 e. The van der Waals surface area contributed by atoms with Crippen LogP contribution in [-0.4, -0.2) is 161 Å². The van der Waals surface area contributed by atoms with E-state index in [9.17, 15) is 45.2 Å². The van der Waals surface area contributed by atoms with Crippen LogP contribution in [0.1, 0.15) is 101 Å². The van der Waals surface area contributed by atoms with Gasteiger partial charge in [0.1, 0.15) is 36.3 Å². The molecule has 67 heavy (non-hydrogen) atoms. The van der Waals surface area contributed by atoms with Crippen LogP contribution in [-0.2, 0) is 46.4 Å². The number of ketones is 1. The molecule has 2 aromatic rings. The molecule has 0 aliphatic carbocycles. The molecular formula is C47H75N5O15. The number of benzene rings is 1. The molecule has 1 aromatic heterocycles. The van der Waals surface area contributed by atoms with E-state index >= 15 is 0 Å². The van der Waals surface area contributed by atoms with Crippen molar-refractivity contribution in [1.29, 1.82) is 0 Å². The van der Waals surface area contributed by atoms with Gasteiger partial charge < -0.3 is 54.0 Å². The smallest absolute Gasteiger partial charge is 0.310 e. The van der Waals surface area contributed by atoms with Crippen molar-refractivity contribution in [3.8, 4) is 5.75 Å². The van der Waals surface area contributed by atoms with Crippen molar-refractivity contribution >= 4 is 17.4 Å². The van der Waals surface area contributed by atoms with E-state index in [0.717, 1.165) is 0 Å². The van der Waals surface area contributed by atoms with Gasteiger partial charge in [0.2, 0.25) is 0 Å². The number of hydrogen-bond donors (Lipinski definition) is 5. The molecule has 3 aliphatic rings. The number of aromatic nitrogens is 3. The van der Waals surface area contributed by atoms with E-state index in [1.807, 2.05) is 18.9 Å². The van der Waals surface area contributed by atoms with Crippen LogP contribution < -0.4 is 4.74 Å². The van der Waals surface area contributed by atoms with Crippen LogP contribution in [0.25, 0.3) is 0 Å². The number of carbonyl (C=O) groups excluding carboxylic acids is 2. The van der Waals surface area contributed by atoms with Gasteiger partial charge in [0.25, 0.3) is 0 Å². The average Bonchev–Trinajstić information content (AvgIpc) is 3.72. The van der Waals surface area contributed by atoms with Gasteiger partial charge in [-0.25, -0.2) is 4.68 Å². The molecule has 0 amide bonds. The Balaban J connectivity index is 1.46. The average molecular weight is 950 g/mol. The lowest BCUT2D eigenvalue weighted by Crippen LogP contribution is -2.62. The zero-order chi connectivity index (χ0) is 49.9. The summed E-state index contributed by atoms with van der Waals surface area (Å²) in [6.45, 7) is 17.1. The van der Waals surface area contributed by atoms with Crippen LogP contribution in [0.4, 0.5) is 5.69 Å². The number of nitro groups is 1. The van der Waals surface area contributed by atoms with Crippen molar-refractivity contribution in [3.63, 3.8) is 0 Å². The molecule has 1 unspecified atom stereocenters. The Labute approximate surface area is 393 Å². The predicted octanol–water partition coefficient (Wildman–Crippen LogP) is 3.21. The topological polar surface area (TPSA) is 268 Å². The van der Waals surface area contributed by atoms with E-state index in [4.69, 9.17) is 28.4 Å². The molecule has 3 saturated heterocycles. The van der Waals surface area contributed by atoms with Crippen molar-refractivity contribution in [3.05, 3.63) is 46.3 Å². The third kappa shape index (κ3) is 12.0. The second kappa shape index (κ2) is 21.9. The molecule has 0 saturated carbocycles. The molecule has 378 valence electrons. The Kier molecular flexibility index (Phi) is 17.8. The second-order valence-electron chi connectivity index (χ2n) is 20.1. The molecule has 5 N–H and O–H groups in total. The zero-order valence-electron chi connectivity index (χ0n) is 41.1. The molecule has 0 radical (unpaired) electrons. The van der Waals surface area contributed by atoms with Gasteiger partial charge in [-0.2, -0.15) is 0 Å². The first-order valence-electron chi connectivity index (χ1n) is 23.5. The standard InChI is InChI=1S/C47H75N5O15/c1-13-36-47(10,59)40(55)29(6)38(53)25(2)21-45(8,58)42(27(4)37(28(5)43(57)66-36)35-22-46(9,62-12)41(56)30(7)65-35)67-44-39(54)33(20-26(3)64-44)50(11)23-31-24-51(49-48-31)18-19-63-34-17-15-14-16-32(34)52(60)61/h14-17,24-30,33,35-37,39-42,44,54-56,58-59H,13,18-23H2,1-12H3/t25-,26-,27+,28-,29+,30+,33+,35?,36-,37+,39-,40-,41+,42-,44+,45-,46-,47-/m1/s1. The molecule has 1 aromatic carbocycles. The lowest BCUT2D eigenvalue weighted by atomic mass is 9.67. The first-order chi connectivity index (χ1) is 31.3. The molecular weight excluding hydrogens is 875 g/mol. The normalized spacial score (nSPS) is 40.5. The fraction of sp³-hybridized carbons (Fsp3) is 0.787. The number of nitro benzene ring substituents is 1. The Bertz CT molecular complexity index is 1980. The number of esters is 1. The van der Waals surface area contributed by atoms with Gasteiger partial charge in [0.15, 0.2) is 12.0 Å². The first kappa shape index (κ1) is 54.2. The van der Waals surface area contributed by atoms with Gasteiger partial charge >= 0.3 is 11.7 Å². The summed E-state index contributed by atoms with van der Waals surface area (Å²) in [6, 6.07) is 5.54. The van der Waals surface area contributed by atoms with E-state index in [1.54, 1.807) is 64.6 Å². The molecule has 3 fully saturated rings. The van der Waals surface area contributed by atoms with E-state index in [1.165, 1.54) is 40.0 Å². The Morgan fingerprint density at radius 2 is 1.66 bits per heavy atom. The highest BCUT2D eigenvalue weighted by Crippen LogP contribution is 2.45. The van der Waals surface area contributed by atoms with Gasteiger partial charge in [-0.15, -0.1) is 5.10 Å². The summed E-state index contributed by atoms with van der Waals surface area (Å²) in [5.74, 6) is -5.67. The monoisotopic (exact) mass is 950 g/mol. The van der Waals surface area contributed by atoms with E-state index < -0.39 is 124 Å². The summed E-state index contributed by atoms with van der Waals surface area (Å²) in [7, 11) is 3.30. The number of likely N-dealkylation sites (N-methyl/N-ethyl adjacent to an activating group) is 1. The third-order valence-corrected chi connectivity index (χ3v) is 14.7. The number of para-hydroxylation sites is 2. The quantitative estimate of drug-likeness (QED) is 0.110.